The highest BCUT2D eigenvalue weighted by molar-refractivity contribution is 7.90. The maximum absolute atomic E-state index is 12.3. The van der Waals surface area contributed by atoms with Gasteiger partial charge in [0, 0.05) is 33.4 Å². The van der Waals surface area contributed by atoms with Crippen LogP contribution in [0.25, 0.3) is 0 Å². The number of hydrogen-bond acceptors (Lipinski definition) is 4. The smallest absolute Gasteiger partial charge is 0.191 e. The van der Waals surface area contributed by atoms with Crippen LogP contribution in [0.5, 0.6) is 0 Å². The summed E-state index contributed by atoms with van der Waals surface area (Å²) in [4.78, 5) is 4.75. The standard InChI is InChI=1S/C21H35N3O3S/c1-3-22-20(24-18-21(11-7-12-21)13-15-27-2)23-14-8-16-28(25,26)17-19-9-5-4-6-10-19/h4-6,9-10H,3,7-8,11-18H2,1-2H3,(H2,22,23,24). The number of ether oxygens (including phenoxy) is 1. The Kier molecular flexibility index (Phi) is 9.25. The van der Waals surface area contributed by atoms with E-state index in [9.17, 15) is 8.42 Å². The molecule has 1 saturated carbocycles. The van der Waals surface area contributed by atoms with Crippen molar-refractivity contribution in [3.63, 3.8) is 0 Å². The maximum atomic E-state index is 12.3. The molecule has 0 unspecified atom stereocenters. The van der Waals surface area contributed by atoms with Crippen molar-refractivity contribution >= 4 is 15.8 Å². The Labute approximate surface area is 170 Å². The molecular weight excluding hydrogens is 374 g/mol. The largest absolute Gasteiger partial charge is 0.385 e. The van der Waals surface area contributed by atoms with Gasteiger partial charge in [0.25, 0.3) is 0 Å². The summed E-state index contributed by atoms with van der Waals surface area (Å²) in [6.45, 7) is 4.97. The van der Waals surface area contributed by atoms with Crippen LogP contribution in [0, 0.1) is 5.41 Å². The van der Waals surface area contributed by atoms with Crippen LogP contribution < -0.4 is 10.6 Å². The van der Waals surface area contributed by atoms with E-state index in [2.05, 4.69) is 10.6 Å². The summed E-state index contributed by atoms with van der Waals surface area (Å²) in [6, 6.07) is 9.34. The van der Waals surface area contributed by atoms with Gasteiger partial charge in [-0.15, -0.1) is 0 Å². The van der Waals surface area contributed by atoms with E-state index in [0.717, 1.165) is 37.6 Å². The molecular formula is C21H35N3O3S. The van der Waals surface area contributed by atoms with E-state index in [1.807, 2.05) is 37.3 Å². The average Bonchev–Trinajstić information content (AvgIpc) is 2.64. The van der Waals surface area contributed by atoms with Gasteiger partial charge in [-0.05, 0) is 43.6 Å². The molecule has 1 aromatic rings. The zero-order chi connectivity index (χ0) is 20.3. The van der Waals surface area contributed by atoms with Gasteiger partial charge in [0.2, 0.25) is 0 Å². The van der Waals surface area contributed by atoms with E-state index in [1.54, 1.807) is 7.11 Å². The molecule has 0 heterocycles. The first-order valence-corrected chi connectivity index (χ1v) is 12.1. The Bertz CT molecular complexity index is 701. The quantitative estimate of drug-likeness (QED) is 0.315. The number of hydrogen-bond donors (Lipinski definition) is 2. The van der Waals surface area contributed by atoms with Crippen LogP contribution in [0.4, 0.5) is 0 Å². The number of guanidine groups is 1. The number of sulfone groups is 1. The van der Waals surface area contributed by atoms with Crippen molar-refractivity contribution in [1.29, 1.82) is 0 Å². The first-order chi connectivity index (χ1) is 13.5. The predicted octanol–water partition coefficient (Wildman–Crippen LogP) is 2.75. The third-order valence-electron chi connectivity index (χ3n) is 5.32. The van der Waals surface area contributed by atoms with Gasteiger partial charge in [0.05, 0.1) is 11.5 Å². The van der Waals surface area contributed by atoms with Gasteiger partial charge in [-0.3, -0.25) is 4.99 Å². The van der Waals surface area contributed by atoms with Crippen molar-refractivity contribution in [2.45, 2.75) is 44.8 Å². The van der Waals surface area contributed by atoms with E-state index in [-0.39, 0.29) is 16.9 Å². The molecule has 7 heteroatoms. The molecule has 0 aromatic heterocycles. The topological polar surface area (TPSA) is 79.8 Å². The third-order valence-corrected chi connectivity index (χ3v) is 7.01. The van der Waals surface area contributed by atoms with Gasteiger partial charge in [-0.1, -0.05) is 36.8 Å². The number of nitrogens with zero attached hydrogens (tertiary/aromatic N) is 1. The lowest BCUT2D eigenvalue weighted by Gasteiger charge is -2.40. The molecule has 0 atom stereocenters. The SMILES string of the molecule is CCNC(=NCC1(CCOC)CCC1)NCCCS(=O)(=O)Cc1ccccc1. The summed E-state index contributed by atoms with van der Waals surface area (Å²) in [5, 5.41) is 6.53. The average molecular weight is 410 g/mol. The summed E-state index contributed by atoms with van der Waals surface area (Å²) < 4.78 is 29.8. The minimum atomic E-state index is -3.10. The molecule has 1 fully saturated rings. The molecule has 1 aliphatic carbocycles. The van der Waals surface area contributed by atoms with Gasteiger partial charge >= 0.3 is 0 Å². The molecule has 0 bridgehead atoms. The van der Waals surface area contributed by atoms with Gasteiger partial charge < -0.3 is 15.4 Å². The zero-order valence-corrected chi connectivity index (χ0v) is 18.1. The van der Waals surface area contributed by atoms with Crippen LogP contribution >= 0.6 is 0 Å². The van der Waals surface area contributed by atoms with E-state index >= 15 is 0 Å². The van der Waals surface area contributed by atoms with Gasteiger partial charge in [0.1, 0.15) is 0 Å². The first-order valence-electron chi connectivity index (χ1n) is 10.2. The van der Waals surface area contributed by atoms with Gasteiger partial charge in [-0.25, -0.2) is 8.42 Å². The normalized spacial score (nSPS) is 16.4. The van der Waals surface area contributed by atoms with Crippen LogP contribution in [0.3, 0.4) is 0 Å². The number of rotatable bonds is 12. The Balaban J connectivity index is 1.77. The summed E-state index contributed by atoms with van der Waals surface area (Å²) in [6.07, 6.45) is 5.29. The second-order valence-corrected chi connectivity index (χ2v) is 9.83. The molecule has 0 saturated heterocycles. The molecule has 2 N–H and O–H groups in total. The predicted molar refractivity (Wildman–Crippen MR) is 115 cm³/mol. The number of aliphatic imine (C=N–C) groups is 1. The maximum Gasteiger partial charge on any atom is 0.191 e. The summed E-state index contributed by atoms with van der Waals surface area (Å²) in [7, 11) is -1.36. The summed E-state index contributed by atoms with van der Waals surface area (Å²) >= 11 is 0. The fraction of sp³-hybridized carbons (Fsp3) is 0.667. The molecule has 1 aromatic carbocycles. The van der Waals surface area contributed by atoms with E-state index in [0.29, 0.717) is 13.0 Å². The Morgan fingerprint density at radius 2 is 1.96 bits per heavy atom. The second kappa shape index (κ2) is 11.4. The minimum Gasteiger partial charge on any atom is -0.385 e. The highest BCUT2D eigenvalue weighted by Gasteiger charge is 2.36. The number of methoxy groups -OCH3 is 1. The van der Waals surface area contributed by atoms with Gasteiger partial charge in [0.15, 0.2) is 15.8 Å². The summed E-state index contributed by atoms with van der Waals surface area (Å²) in [5.74, 6) is 1.04. The van der Waals surface area contributed by atoms with Crippen LogP contribution in [-0.2, 0) is 20.3 Å². The Hall–Kier alpha value is -1.60. The van der Waals surface area contributed by atoms with Crippen molar-refractivity contribution < 1.29 is 13.2 Å². The lowest BCUT2D eigenvalue weighted by Crippen LogP contribution is -2.40. The molecule has 0 radical (unpaired) electrons. The highest BCUT2D eigenvalue weighted by Crippen LogP contribution is 2.44. The molecule has 28 heavy (non-hydrogen) atoms. The number of benzene rings is 1. The van der Waals surface area contributed by atoms with Crippen LogP contribution in [-0.4, -0.2) is 53.5 Å². The lowest BCUT2D eigenvalue weighted by atomic mass is 9.67. The molecule has 0 aliphatic heterocycles. The molecule has 0 amide bonds. The van der Waals surface area contributed by atoms with E-state index in [4.69, 9.17) is 9.73 Å². The monoisotopic (exact) mass is 409 g/mol. The van der Waals surface area contributed by atoms with E-state index in [1.165, 1.54) is 19.3 Å². The summed E-state index contributed by atoms with van der Waals surface area (Å²) in [5.41, 5.74) is 1.12. The zero-order valence-electron chi connectivity index (χ0n) is 17.2. The molecule has 1 aliphatic rings. The fourth-order valence-electron chi connectivity index (χ4n) is 3.47. The van der Waals surface area contributed by atoms with Gasteiger partial charge in [-0.2, -0.15) is 0 Å². The first kappa shape index (κ1) is 22.7. The molecule has 6 nitrogen and oxygen atoms in total. The van der Waals surface area contributed by atoms with Crippen LogP contribution in [0.15, 0.2) is 35.3 Å². The fourth-order valence-corrected chi connectivity index (χ4v) is 4.90. The lowest BCUT2D eigenvalue weighted by molar-refractivity contribution is 0.0778. The highest BCUT2D eigenvalue weighted by atomic mass is 32.2. The van der Waals surface area contributed by atoms with Crippen molar-refractivity contribution in [3.8, 4) is 0 Å². The molecule has 2 rings (SSSR count). The molecule has 0 spiro atoms. The van der Waals surface area contributed by atoms with Crippen molar-refractivity contribution in [3.05, 3.63) is 35.9 Å². The van der Waals surface area contributed by atoms with Crippen molar-refractivity contribution in [2.24, 2.45) is 10.4 Å². The van der Waals surface area contributed by atoms with E-state index < -0.39 is 9.84 Å². The van der Waals surface area contributed by atoms with Crippen molar-refractivity contribution in [1.82, 2.24) is 10.6 Å². The minimum absolute atomic E-state index is 0.101. The Morgan fingerprint density at radius 3 is 2.57 bits per heavy atom. The van der Waals surface area contributed by atoms with Crippen LogP contribution in [0.2, 0.25) is 0 Å². The molecule has 158 valence electrons. The van der Waals surface area contributed by atoms with Crippen molar-refractivity contribution in [2.75, 3.05) is 39.1 Å². The van der Waals surface area contributed by atoms with Crippen LogP contribution in [0.1, 0.15) is 44.6 Å². The Morgan fingerprint density at radius 1 is 1.21 bits per heavy atom. The second-order valence-electron chi connectivity index (χ2n) is 7.65. The number of nitrogens with one attached hydrogen (secondary N) is 2. The third kappa shape index (κ3) is 7.80.